The van der Waals surface area contributed by atoms with Crippen LogP contribution in [0.4, 0.5) is 13.2 Å². The normalized spacial score (nSPS) is 12.3. The van der Waals surface area contributed by atoms with Crippen molar-refractivity contribution in [1.29, 1.82) is 0 Å². The van der Waals surface area contributed by atoms with Crippen LogP contribution in [0.15, 0.2) is 10.6 Å². The maximum atomic E-state index is 12.8. The number of alkyl halides is 3. The van der Waals surface area contributed by atoms with Gasteiger partial charge in [-0.25, -0.2) is 9.97 Å². The highest BCUT2D eigenvalue weighted by Gasteiger charge is 2.36. The molecule has 0 saturated carbocycles. The number of hydrogen-bond acceptors (Lipinski definition) is 6. The van der Waals surface area contributed by atoms with Crippen LogP contribution in [0.5, 0.6) is 0 Å². The minimum absolute atomic E-state index is 0.114. The molecular weight excluding hydrogens is 315 g/mol. The van der Waals surface area contributed by atoms with Crippen molar-refractivity contribution in [2.45, 2.75) is 39.4 Å². The molecule has 0 saturated heterocycles. The molecule has 0 fully saturated rings. The number of carbonyl (C=O) groups excluding carboxylic acids is 1. The number of nitrogens with one attached hydrogen (secondary N) is 1. The quantitative estimate of drug-likeness (QED) is 0.928. The van der Waals surface area contributed by atoms with Gasteiger partial charge in [-0.3, -0.25) is 4.79 Å². The molecule has 0 unspecified atom stereocenters. The van der Waals surface area contributed by atoms with E-state index in [-0.39, 0.29) is 29.0 Å². The number of amides is 1. The fraction of sp³-hybridized carbons (Fsp3) is 0.462. The van der Waals surface area contributed by atoms with E-state index in [0.717, 1.165) is 0 Å². The molecule has 2 aromatic rings. The van der Waals surface area contributed by atoms with Crippen molar-refractivity contribution in [2.24, 2.45) is 0 Å². The van der Waals surface area contributed by atoms with Crippen LogP contribution in [0.2, 0.25) is 0 Å². The summed E-state index contributed by atoms with van der Waals surface area (Å²) in [4.78, 5) is 21.9. The Morgan fingerprint density at radius 2 is 1.83 bits per heavy atom. The van der Waals surface area contributed by atoms with Crippen LogP contribution in [0.25, 0.3) is 11.6 Å². The number of carbonyl (C=O) groups is 1. The van der Waals surface area contributed by atoms with Gasteiger partial charge in [-0.05, 0) is 26.8 Å². The maximum absolute atomic E-state index is 12.8. The minimum Gasteiger partial charge on any atom is -0.344 e. The van der Waals surface area contributed by atoms with Gasteiger partial charge in [0.25, 0.3) is 5.89 Å². The number of rotatable bonds is 3. The van der Waals surface area contributed by atoms with Crippen LogP contribution >= 0.6 is 0 Å². The molecule has 10 heteroatoms. The van der Waals surface area contributed by atoms with Crippen LogP contribution in [0.1, 0.15) is 38.1 Å². The highest BCUT2D eigenvalue weighted by atomic mass is 19.4. The summed E-state index contributed by atoms with van der Waals surface area (Å²) < 4.78 is 43.3. The second-order valence-electron chi connectivity index (χ2n) is 5.45. The third-order valence-electron chi connectivity index (χ3n) is 2.80. The van der Waals surface area contributed by atoms with Gasteiger partial charge in [-0.1, -0.05) is 5.16 Å². The molecule has 0 bridgehead atoms. The van der Waals surface area contributed by atoms with Gasteiger partial charge in [-0.15, -0.1) is 0 Å². The van der Waals surface area contributed by atoms with Crippen LogP contribution in [-0.2, 0) is 16.5 Å². The topological polar surface area (TPSA) is 93.8 Å². The lowest BCUT2D eigenvalue weighted by molar-refractivity contribution is -0.145. The molecular formula is C13H14F3N5O2. The predicted octanol–water partition coefficient (Wildman–Crippen LogP) is 2.23. The Labute approximate surface area is 129 Å². The molecule has 2 rings (SSSR count). The first kappa shape index (κ1) is 16.8. The summed E-state index contributed by atoms with van der Waals surface area (Å²) in [5.74, 6) is -1.66. The fourth-order valence-corrected chi connectivity index (χ4v) is 1.88. The Hall–Kier alpha value is -2.52. The van der Waals surface area contributed by atoms with Crippen LogP contribution in [-0.4, -0.2) is 26.0 Å². The summed E-state index contributed by atoms with van der Waals surface area (Å²) in [6.07, 6.45) is -4.68. The van der Waals surface area contributed by atoms with E-state index < -0.39 is 17.5 Å². The summed E-state index contributed by atoms with van der Waals surface area (Å²) >= 11 is 0. The van der Waals surface area contributed by atoms with Gasteiger partial charge in [0.1, 0.15) is 5.69 Å². The molecule has 7 nitrogen and oxygen atoms in total. The second-order valence-corrected chi connectivity index (χ2v) is 5.45. The molecule has 2 heterocycles. The maximum Gasteiger partial charge on any atom is 0.451 e. The molecule has 0 aliphatic heterocycles. The van der Waals surface area contributed by atoms with E-state index in [1.54, 1.807) is 13.8 Å². The van der Waals surface area contributed by atoms with E-state index in [1.165, 1.54) is 19.9 Å². The molecule has 1 amide bonds. The van der Waals surface area contributed by atoms with E-state index in [9.17, 15) is 18.0 Å². The fourth-order valence-electron chi connectivity index (χ4n) is 1.88. The van der Waals surface area contributed by atoms with Crippen molar-refractivity contribution in [2.75, 3.05) is 0 Å². The summed E-state index contributed by atoms with van der Waals surface area (Å²) in [5, 5.41) is 6.31. The van der Waals surface area contributed by atoms with Crippen LogP contribution in [0, 0.1) is 6.92 Å². The summed E-state index contributed by atoms with van der Waals surface area (Å²) in [7, 11) is 0. The third-order valence-corrected chi connectivity index (χ3v) is 2.80. The van der Waals surface area contributed by atoms with Gasteiger partial charge in [0.05, 0.1) is 5.54 Å². The molecule has 1 N–H and O–H groups in total. The van der Waals surface area contributed by atoms with Crippen molar-refractivity contribution in [3.8, 4) is 11.6 Å². The first-order valence-electron chi connectivity index (χ1n) is 6.55. The zero-order valence-electron chi connectivity index (χ0n) is 12.8. The van der Waals surface area contributed by atoms with Crippen molar-refractivity contribution in [1.82, 2.24) is 25.4 Å². The van der Waals surface area contributed by atoms with Crippen molar-refractivity contribution in [3.05, 3.63) is 23.4 Å². The lowest BCUT2D eigenvalue weighted by Gasteiger charge is -2.20. The molecule has 0 radical (unpaired) electrons. The van der Waals surface area contributed by atoms with E-state index >= 15 is 0 Å². The van der Waals surface area contributed by atoms with Gasteiger partial charge < -0.3 is 9.84 Å². The van der Waals surface area contributed by atoms with Gasteiger partial charge in [0.2, 0.25) is 11.7 Å². The zero-order valence-corrected chi connectivity index (χ0v) is 12.8. The number of halogens is 3. The lowest BCUT2D eigenvalue weighted by atomic mass is 10.1. The van der Waals surface area contributed by atoms with Gasteiger partial charge >= 0.3 is 6.18 Å². The van der Waals surface area contributed by atoms with Gasteiger partial charge in [0, 0.05) is 12.6 Å². The second kappa shape index (κ2) is 5.60. The smallest absolute Gasteiger partial charge is 0.344 e. The van der Waals surface area contributed by atoms with E-state index in [4.69, 9.17) is 4.52 Å². The molecule has 2 aromatic heterocycles. The number of aryl methyl sites for hydroxylation is 1. The first-order chi connectivity index (χ1) is 10.5. The molecule has 0 aliphatic carbocycles. The highest BCUT2D eigenvalue weighted by molar-refractivity contribution is 5.73. The molecule has 23 heavy (non-hydrogen) atoms. The van der Waals surface area contributed by atoms with Crippen LogP contribution in [0.3, 0.4) is 0 Å². The minimum atomic E-state index is -4.68. The Morgan fingerprint density at radius 1 is 1.17 bits per heavy atom. The molecule has 124 valence electrons. The molecule has 0 aliphatic rings. The van der Waals surface area contributed by atoms with Gasteiger partial charge in [-0.2, -0.15) is 18.2 Å². The average Bonchev–Trinajstić information content (AvgIpc) is 2.85. The molecule has 0 spiro atoms. The van der Waals surface area contributed by atoms with E-state index in [2.05, 4.69) is 25.4 Å². The van der Waals surface area contributed by atoms with E-state index in [1.807, 2.05) is 0 Å². The Morgan fingerprint density at radius 3 is 2.39 bits per heavy atom. The standard InChI is InChI=1S/C13H14F3N5O2/c1-6-5-8(18-11(17-6)13(14,15)16)9-19-10(21-23-9)12(3,4)20-7(2)22/h5H,1-4H3,(H,20,22). The number of nitrogens with zero attached hydrogens (tertiary/aromatic N) is 4. The summed E-state index contributed by atoms with van der Waals surface area (Å²) in [5.41, 5.74) is -0.965. The average molecular weight is 329 g/mol. The SMILES string of the molecule is CC(=O)NC(C)(C)c1noc(-c2cc(C)nc(C(F)(F)F)n2)n1. The van der Waals surface area contributed by atoms with Crippen LogP contribution < -0.4 is 5.32 Å². The zero-order chi connectivity index (χ0) is 17.4. The number of aromatic nitrogens is 4. The predicted molar refractivity (Wildman–Crippen MR) is 71.9 cm³/mol. The van der Waals surface area contributed by atoms with Crippen molar-refractivity contribution >= 4 is 5.91 Å². The lowest BCUT2D eigenvalue weighted by Crippen LogP contribution is -2.40. The molecule has 0 atom stereocenters. The Kier molecular flexibility index (Phi) is 4.10. The number of hydrogen-bond donors (Lipinski definition) is 1. The van der Waals surface area contributed by atoms with Crippen molar-refractivity contribution < 1.29 is 22.5 Å². The highest BCUT2D eigenvalue weighted by Crippen LogP contribution is 2.28. The van der Waals surface area contributed by atoms with Crippen molar-refractivity contribution in [3.63, 3.8) is 0 Å². The third kappa shape index (κ3) is 3.82. The van der Waals surface area contributed by atoms with Gasteiger partial charge in [0.15, 0.2) is 5.82 Å². The molecule has 0 aromatic carbocycles. The summed E-state index contributed by atoms with van der Waals surface area (Å²) in [6, 6.07) is 1.30. The Bertz CT molecular complexity index is 739. The van der Waals surface area contributed by atoms with E-state index in [0.29, 0.717) is 0 Å². The largest absolute Gasteiger partial charge is 0.451 e. The first-order valence-corrected chi connectivity index (χ1v) is 6.55. The summed E-state index contributed by atoms with van der Waals surface area (Å²) in [6.45, 7) is 6.00. The Balaban J connectivity index is 2.41. The monoisotopic (exact) mass is 329 g/mol.